The molecule has 0 atom stereocenters. The highest BCUT2D eigenvalue weighted by Crippen LogP contribution is 2.59. The lowest BCUT2D eigenvalue weighted by atomic mass is 10.0. The smallest absolute Gasteiger partial charge is 0.394 e. The molecule has 3 heterocycles. The Hall–Kier alpha value is -3.11. The Bertz CT molecular complexity index is 1060. The van der Waals surface area contributed by atoms with Gasteiger partial charge in [-0.15, -0.1) is 5.10 Å². The van der Waals surface area contributed by atoms with Gasteiger partial charge in [0.1, 0.15) is 5.82 Å². The zero-order valence-corrected chi connectivity index (χ0v) is 17.9. The lowest BCUT2D eigenvalue weighted by Crippen LogP contribution is -2.40. The summed E-state index contributed by atoms with van der Waals surface area (Å²) in [5.74, 6) is 0.314. The molecule has 2 aromatic heterocycles. The van der Waals surface area contributed by atoms with E-state index < -0.39 is 23.0 Å². The number of amides is 1. The monoisotopic (exact) mass is 450 g/mol. The number of primary amides is 1. The van der Waals surface area contributed by atoms with Gasteiger partial charge in [0.2, 0.25) is 5.88 Å². The molecule has 1 aliphatic carbocycles. The minimum Gasteiger partial charge on any atom is -0.477 e. The summed E-state index contributed by atoms with van der Waals surface area (Å²) < 4.78 is 46.0. The van der Waals surface area contributed by atoms with E-state index in [0.29, 0.717) is 30.3 Å². The third-order valence-electron chi connectivity index (χ3n) is 6.19. The van der Waals surface area contributed by atoms with Crippen LogP contribution in [0.1, 0.15) is 49.9 Å². The van der Waals surface area contributed by atoms with Crippen LogP contribution < -0.4 is 15.4 Å². The maximum atomic E-state index is 13.0. The molecular weight excluding hydrogens is 425 g/mol. The quantitative estimate of drug-likeness (QED) is 0.671. The third-order valence-corrected chi connectivity index (χ3v) is 6.19. The summed E-state index contributed by atoms with van der Waals surface area (Å²) in [7, 11) is 0. The van der Waals surface area contributed by atoms with E-state index in [1.54, 1.807) is 24.4 Å². The number of hydrogen-bond donors (Lipinski definition) is 2. The van der Waals surface area contributed by atoms with Crippen LogP contribution in [0, 0.1) is 10.8 Å². The van der Waals surface area contributed by atoms with E-state index in [1.807, 2.05) is 18.7 Å². The van der Waals surface area contributed by atoms with Crippen LogP contribution >= 0.6 is 0 Å². The van der Waals surface area contributed by atoms with Crippen LogP contribution in [0.4, 0.5) is 19.0 Å². The average Bonchev–Trinajstić information content (AvgIpc) is 3.25. The first-order chi connectivity index (χ1) is 14.9. The molecule has 4 rings (SSSR count). The number of halogens is 3. The predicted octanol–water partition coefficient (Wildman–Crippen LogP) is 3.49. The Morgan fingerprint density at radius 1 is 1.28 bits per heavy atom. The molecule has 0 aromatic carbocycles. The number of hydrogen-bond acceptors (Lipinski definition) is 6. The second-order valence-corrected chi connectivity index (χ2v) is 9.06. The largest absolute Gasteiger partial charge is 0.477 e. The molecule has 2 aromatic rings. The zero-order chi connectivity index (χ0) is 23.3. The second kappa shape index (κ2) is 7.49. The van der Waals surface area contributed by atoms with Crippen molar-refractivity contribution in [1.29, 1.82) is 5.41 Å². The molecule has 172 valence electrons. The number of alkyl halides is 3. The van der Waals surface area contributed by atoms with Crippen LogP contribution in [-0.2, 0) is 0 Å². The first-order valence-electron chi connectivity index (χ1n) is 10.3. The number of nitrogens with one attached hydrogen (secondary N) is 1. The number of aromatic nitrogens is 3. The van der Waals surface area contributed by atoms with Crippen LogP contribution in [0.5, 0.6) is 5.88 Å². The lowest BCUT2D eigenvalue weighted by Gasteiger charge is -2.33. The standard InChI is InChI=1S/C21H25F3N6O2/c1-19(2)11-13(25)12-29(19)18-14(17(26)31)3-4-15(27-18)30-9-5-16(28-30)32-10-8-20(6-7-20)21(22,23)24/h3-5,9,25H,6-8,10-12H2,1-2H3,(H2,26,31). The summed E-state index contributed by atoms with van der Waals surface area (Å²) >= 11 is 0. The Balaban J connectivity index is 1.53. The number of ether oxygens (including phenoxy) is 1. The average molecular weight is 450 g/mol. The maximum Gasteiger partial charge on any atom is 0.394 e. The minimum absolute atomic E-state index is 0.0834. The van der Waals surface area contributed by atoms with Gasteiger partial charge in [0, 0.05) is 29.9 Å². The van der Waals surface area contributed by atoms with Gasteiger partial charge in [0.25, 0.3) is 5.91 Å². The minimum atomic E-state index is -4.21. The van der Waals surface area contributed by atoms with Gasteiger partial charge in [0.15, 0.2) is 5.82 Å². The third kappa shape index (κ3) is 4.03. The van der Waals surface area contributed by atoms with E-state index >= 15 is 0 Å². The van der Waals surface area contributed by atoms with Gasteiger partial charge in [-0.3, -0.25) is 4.79 Å². The normalized spacial score (nSPS) is 19.3. The molecule has 3 N–H and O–H groups in total. The molecule has 1 saturated carbocycles. The fourth-order valence-electron chi connectivity index (χ4n) is 4.09. The van der Waals surface area contributed by atoms with Crippen molar-refractivity contribution in [3.63, 3.8) is 0 Å². The summed E-state index contributed by atoms with van der Waals surface area (Å²) in [4.78, 5) is 18.4. The molecule has 0 spiro atoms. The highest BCUT2D eigenvalue weighted by Gasteiger charge is 2.62. The molecule has 1 amide bonds. The van der Waals surface area contributed by atoms with Crippen molar-refractivity contribution >= 4 is 17.4 Å². The summed E-state index contributed by atoms with van der Waals surface area (Å²) in [6.45, 7) is 4.17. The van der Waals surface area contributed by atoms with Crippen LogP contribution in [0.3, 0.4) is 0 Å². The second-order valence-electron chi connectivity index (χ2n) is 9.06. The first kappa shape index (κ1) is 22.1. The van der Waals surface area contributed by atoms with Gasteiger partial charge in [-0.1, -0.05) is 0 Å². The SMILES string of the molecule is CC1(C)CC(=N)CN1c1nc(-n2ccc(OCCC3(C(F)(F)F)CC3)n2)ccc1C(N)=O. The Labute approximate surface area is 183 Å². The van der Waals surface area contributed by atoms with Crippen LogP contribution in [0.2, 0.25) is 0 Å². The molecule has 0 bridgehead atoms. The highest BCUT2D eigenvalue weighted by atomic mass is 19.4. The topological polar surface area (TPSA) is 110 Å². The summed E-state index contributed by atoms with van der Waals surface area (Å²) in [5, 5.41) is 12.3. The number of pyridine rings is 1. The first-order valence-corrected chi connectivity index (χ1v) is 10.3. The number of rotatable bonds is 7. The lowest BCUT2D eigenvalue weighted by molar-refractivity contribution is -0.190. The predicted molar refractivity (Wildman–Crippen MR) is 111 cm³/mol. The Morgan fingerprint density at radius 3 is 2.56 bits per heavy atom. The highest BCUT2D eigenvalue weighted by molar-refractivity contribution is 6.00. The van der Waals surface area contributed by atoms with Crippen LogP contribution in [0.15, 0.2) is 24.4 Å². The molecule has 0 radical (unpaired) electrons. The van der Waals surface area contributed by atoms with E-state index in [9.17, 15) is 18.0 Å². The molecule has 0 unspecified atom stereocenters. The van der Waals surface area contributed by atoms with Gasteiger partial charge < -0.3 is 20.8 Å². The molecule has 1 saturated heterocycles. The van der Waals surface area contributed by atoms with Gasteiger partial charge >= 0.3 is 6.18 Å². The van der Waals surface area contributed by atoms with Crippen LogP contribution in [-0.4, -0.2) is 51.3 Å². The number of anilines is 1. The van der Waals surface area contributed by atoms with Crippen molar-refractivity contribution in [2.75, 3.05) is 18.1 Å². The van der Waals surface area contributed by atoms with E-state index in [-0.39, 0.29) is 37.3 Å². The fraction of sp³-hybridized carbons (Fsp3) is 0.524. The molecule has 2 aliphatic rings. The van der Waals surface area contributed by atoms with E-state index in [2.05, 4.69) is 10.1 Å². The van der Waals surface area contributed by atoms with Crippen molar-refractivity contribution in [3.8, 4) is 11.7 Å². The molecule has 1 aliphatic heterocycles. The maximum absolute atomic E-state index is 13.0. The van der Waals surface area contributed by atoms with Gasteiger partial charge in [-0.25, -0.2) is 9.67 Å². The van der Waals surface area contributed by atoms with Crippen molar-refractivity contribution in [3.05, 3.63) is 30.0 Å². The number of nitrogens with zero attached hydrogens (tertiary/aromatic N) is 4. The fourth-order valence-corrected chi connectivity index (χ4v) is 4.09. The van der Waals surface area contributed by atoms with Crippen LogP contribution in [0.25, 0.3) is 5.82 Å². The zero-order valence-electron chi connectivity index (χ0n) is 17.9. The van der Waals surface area contributed by atoms with Gasteiger partial charge in [0.05, 0.1) is 24.1 Å². The summed E-state index contributed by atoms with van der Waals surface area (Å²) in [6.07, 6.45) is -1.92. The van der Waals surface area contributed by atoms with Gasteiger partial charge in [-0.2, -0.15) is 13.2 Å². The van der Waals surface area contributed by atoms with E-state index in [1.165, 1.54) is 4.68 Å². The Morgan fingerprint density at radius 2 is 2.00 bits per heavy atom. The number of carbonyl (C=O) groups excluding carboxylic acids is 1. The summed E-state index contributed by atoms with van der Waals surface area (Å²) in [5.41, 5.74) is 4.28. The van der Waals surface area contributed by atoms with Crippen molar-refractivity contribution in [1.82, 2.24) is 14.8 Å². The van der Waals surface area contributed by atoms with E-state index in [4.69, 9.17) is 15.9 Å². The molecule has 2 fully saturated rings. The number of carbonyl (C=O) groups is 1. The van der Waals surface area contributed by atoms with Crippen molar-refractivity contribution in [2.45, 2.75) is 51.2 Å². The summed E-state index contributed by atoms with van der Waals surface area (Å²) in [6, 6.07) is 4.68. The molecule has 11 heteroatoms. The van der Waals surface area contributed by atoms with Crippen molar-refractivity contribution < 1.29 is 22.7 Å². The molecule has 32 heavy (non-hydrogen) atoms. The van der Waals surface area contributed by atoms with E-state index in [0.717, 1.165) is 0 Å². The van der Waals surface area contributed by atoms with Crippen molar-refractivity contribution in [2.24, 2.45) is 11.1 Å². The Kier molecular flexibility index (Phi) is 5.17. The van der Waals surface area contributed by atoms with Gasteiger partial charge in [-0.05, 0) is 45.2 Å². The molecular formula is C21H25F3N6O2. The number of nitrogens with two attached hydrogens (primary N) is 1. The molecule has 8 nitrogen and oxygen atoms in total.